The van der Waals surface area contributed by atoms with Crippen LogP contribution in [0, 0.1) is 0 Å². The van der Waals surface area contributed by atoms with Crippen molar-refractivity contribution in [1.29, 1.82) is 0 Å². The molecular weight excluding hydrogens is 304 g/mol. The summed E-state index contributed by atoms with van der Waals surface area (Å²) in [4.78, 5) is 24.2. The predicted octanol–water partition coefficient (Wildman–Crippen LogP) is 1.43. The highest BCUT2D eigenvalue weighted by molar-refractivity contribution is 5.85. The minimum Gasteiger partial charge on any atom is -0.462 e. The zero-order chi connectivity index (χ0) is 16.8. The first kappa shape index (κ1) is 16.2. The zero-order valence-electron chi connectivity index (χ0n) is 13.3. The van der Waals surface area contributed by atoms with E-state index in [1.165, 1.54) is 0 Å². The van der Waals surface area contributed by atoms with Gasteiger partial charge in [-0.1, -0.05) is 60.7 Å². The van der Waals surface area contributed by atoms with Crippen molar-refractivity contribution in [3.8, 4) is 0 Å². The second-order valence-electron chi connectivity index (χ2n) is 5.80. The first-order valence-corrected chi connectivity index (χ1v) is 8.00. The topological polar surface area (TPSA) is 67.4 Å². The van der Waals surface area contributed by atoms with Crippen LogP contribution < -0.4 is 10.6 Å². The minimum atomic E-state index is -0.528. The number of ether oxygens (including phenoxy) is 1. The number of morpholine rings is 1. The number of carbonyl (C=O) groups is 2. The number of esters is 1. The molecule has 0 saturated carbocycles. The van der Waals surface area contributed by atoms with Gasteiger partial charge in [-0.2, -0.15) is 0 Å². The van der Waals surface area contributed by atoms with Crippen LogP contribution >= 0.6 is 0 Å². The standard InChI is InChI=1S/C19H20N2O3/c22-18(20-12-15-9-5-2-6-10-15)17-13-24-19(23)16(21-17)11-14-7-3-1-4-8-14/h1-10,16-17,21H,11-13H2,(H,20,22)/t16-,17?/m0/s1. The number of amides is 1. The van der Waals surface area contributed by atoms with Crippen molar-refractivity contribution >= 4 is 11.9 Å². The lowest BCUT2D eigenvalue weighted by Gasteiger charge is -2.29. The van der Waals surface area contributed by atoms with E-state index < -0.39 is 12.1 Å². The van der Waals surface area contributed by atoms with E-state index in [1.54, 1.807) is 0 Å². The van der Waals surface area contributed by atoms with Crippen molar-refractivity contribution in [1.82, 2.24) is 10.6 Å². The van der Waals surface area contributed by atoms with Crippen molar-refractivity contribution < 1.29 is 14.3 Å². The zero-order valence-corrected chi connectivity index (χ0v) is 13.3. The van der Waals surface area contributed by atoms with Gasteiger partial charge in [-0.05, 0) is 17.5 Å². The van der Waals surface area contributed by atoms with Gasteiger partial charge >= 0.3 is 5.97 Å². The molecule has 2 aromatic rings. The Labute approximate surface area is 141 Å². The Balaban J connectivity index is 1.56. The molecule has 0 aromatic heterocycles. The average Bonchev–Trinajstić information content (AvgIpc) is 2.63. The summed E-state index contributed by atoms with van der Waals surface area (Å²) < 4.78 is 5.19. The Kier molecular flexibility index (Phi) is 5.23. The van der Waals surface area contributed by atoms with Crippen molar-refractivity contribution in [3.05, 3.63) is 71.8 Å². The summed E-state index contributed by atoms with van der Waals surface area (Å²) in [6.45, 7) is 0.514. The van der Waals surface area contributed by atoms with Crippen LogP contribution in [0.1, 0.15) is 11.1 Å². The maximum atomic E-state index is 12.3. The number of hydrogen-bond acceptors (Lipinski definition) is 4. The van der Waals surface area contributed by atoms with Gasteiger partial charge in [0.15, 0.2) is 0 Å². The van der Waals surface area contributed by atoms with Crippen molar-refractivity contribution in [2.24, 2.45) is 0 Å². The van der Waals surface area contributed by atoms with Gasteiger partial charge in [0.25, 0.3) is 0 Å². The van der Waals surface area contributed by atoms with Crippen molar-refractivity contribution in [3.63, 3.8) is 0 Å². The Morgan fingerprint density at radius 1 is 1.04 bits per heavy atom. The molecule has 2 N–H and O–H groups in total. The molecule has 24 heavy (non-hydrogen) atoms. The fourth-order valence-corrected chi connectivity index (χ4v) is 2.68. The molecular formula is C19H20N2O3. The van der Waals surface area contributed by atoms with Gasteiger partial charge in [0.05, 0.1) is 0 Å². The largest absolute Gasteiger partial charge is 0.462 e. The van der Waals surface area contributed by atoms with Crippen LogP contribution in [0.2, 0.25) is 0 Å². The van der Waals surface area contributed by atoms with E-state index in [0.717, 1.165) is 11.1 Å². The van der Waals surface area contributed by atoms with Gasteiger partial charge in [0.1, 0.15) is 18.7 Å². The second-order valence-corrected chi connectivity index (χ2v) is 5.80. The summed E-state index contributed by atoms with van der Waals surface area (Å²) in [6.07, 6.45) is 0.502. The second kappa shape index (κ2) is 7.75. The molecule has 0 spiro atoms. The lowest BCUT2D eigenvalue weighted by molar-refractivity contribution is -0.153. The lowest BCUT2D eigenvalue weighted by Crippen LogP contribution is -2.58. The third-order valence-electron chi connectivity index (χ3n) is 3.99. The molecule has 1 heterocycles. The molecule has 1 aliphatic rings. The van der Waals surface area contributed by atoms with Crippen LogP contribution in [0.5, 0.6) is 0 Å². The van der Waals surface area contributed by atoms with Crippen molar-refractivity contribution in [2.75, 3.05) is 6.61 Å². The molecule has 1 aliphatic heterocycles. The molecule has 1 unspecified atom stereocenters. The summed E-state index contributed by atoms with van der Waals surface area (Å²) in [7, 11) is 0. The maximum Gasteiger partial charge on any atom is 0.323 e. The minimum absolute atomic E-state index is 0.0603. The quantitative estimate of drug-likeness (QED) is 0.817. The Morgan fingerprint density at radius 2 is 1.67 bits per heavy atom. The van der Waals surface area contributed by atoms with E-state index in [9.17, 15) is 9.59 Å². The summed E-state index contributed by atoms with van der Waals surface area (Å²) in [6, 6.07) is 18.3. The van der Waals surface area contributed by atoms with Gasteiger partial charge < -0.3 is 10.1 Å². The van der Waals surface area contributed by atoms with Crippen molar-refractivity contribution in [2.45, 2.75) is 25.0 Å². The Bertz CT molecular complexity index is 688. The molecule has 2 aromatic carbocycles. The number of nitrogens with one attached hydrogen (secondary N) is 2. The number of cyclic esters (lactones) is 1. The normalized spacial score (nSPS) is 20.2. The van der Waals surface area contributed by atoms with Crippen LogP contribution in [0.4, 0.5) is 0 Å². The van der Waals surface area contributed by atoms with Gasteiger partial charge in [0.2, 0.25) is 5.91 Å². The molecule has 0 radical (unpaired) electrons. The molecule has 1 fully saturated rings. The van der Waals surface area contributed by atoms with Gasteiger partial charge in [0, 0.05) is 6.54 Å². The molecule has 5 nitrogen and oxygen atoms in total. The first-order chi connectivity index (χ1) is 11.7. The summed E-state index contributed by atoms with van der Waals surface area (Å²) in [5.74, 6) is -0.477. The van der Waals surface area contributed by atoms with E-state index >= 15 is 0 Å². The monoisotopic (exact) mass is 324 g/mol. The number of carbonyl (C=O) groups excluding carboxylic acids is 2. The maximum absolute atomic E-state index is 12.3. The van der Waals surface area contributed by atoms with Gasteiger partial charge in [-0.15, -0.1) is 0 Å². The SMILES string of the molecule is O=C(NCc1ccccc1)C1COC(=O)[C@H](Cc2ccccc2)N1. The molecule has 3 rings (SSSR count). The molecule has 1 saturated heterocycles. The average molecular weight is 324 g/mol. The number of rotatable bonds is 5. The van der Waals surface area contributed by atoms with Gasteiger partial charge in [-0.25, -0.2) is 0 Å². The predicted molar refractivity (Wildman–Crippen MR) is 90.1 cm³/mol. The summed E-state index contributed by atoms with van der Waals surface area (Å²) >= 11 is 0. The van der Waals surface area contributed by atoms with Crippen LogP contribution in [-0.2, 0) is 27.3 Å². The first-order valence-electron chi connectivity index (χ1n) is 8.00. The van der Waals surface area contributed by atoms with E-state index in [4.69, 9.17) is 4.74 Å². The highest BCUT2D eigenvalue weighted by Crippen LogP contribution is 2.10. The van der Waals surface area contributed by atoms with Crippen LogP contribution in [-0.4, -0.2) is 30.6 Å². The number of benzene rings is 2. The van der Waals surface area contributed by atoms with Crippen LogP contribution in [0.15, 0.2) is 60.7 Å². The van der Waals surface area contributed by atoms with Crippen LogP contribution in [0.25, 0.3) is 0 Å². The summed E-state index contributed by atoms with van der Waals surface area (Å²) in [5, 5.41) is 5.98. The molecule has 0 bridgehead atoms. The lowest BCUT2D eigenvalue weighted by atomic mass is 10.0. The highest BCUT2D eigenvalue weighted by atomic mass is 16.5. The number of hydrogen-bond donors (Lipinski definition) is 2. The Morgan fingerprint density at radius 3 is 2.33 bits per heavy atom. The van der Waals surface area contributed by atoms with E-state index in [1.807, 2.05) is 60.7 Å². The fraction of sp³-hybridized carbons (Fsp3) is 0.263. The molecule has 5 heteroatoms. The third-order valence-corrected chi connectivity index (χ3v) is 3.99. The smallest absolute Gasteiger partial charge is 0.323 e. The third kappa shape index (κ3) is 4.20. The van der Waals surface area contributed by atoms with E-state index in [0.29, 0.717) is 13.0 Å². The fourth-order valence-electron chi connectivity index (χ4n) is 2.68. The van der Waals surface area contributed by atoms with Crippen LogP contribution in [0.3, 0.4) is 0 Å². The summed E-state index contributed by atoms with van der Waals surface area (Å²) in [5.41, 5.74) is 2.05. The van der Waals surface area contributed by atoms with E-state index in [2.05, 4.69) is 10.6 Å². The molecule has 2 atom stereocenters. The molecule has 1 amide bonds. The molecule has 124 valence electrons. The highest BCUT2D eigenvalue weighted by Gasteiger charge is 2.33. The molecule has 0 aliphatic carbocycles. The Hall–Kier alpha value is -2.66. The van der Waals surface area contributed by atoms with Gasteiger partial charge in [-0.3, -0.25) is 14.9 Å². The van der Waals surface area contributed by atoms with E-state index in [-0.39, 0.29) is 18.5 Å².